The first-order valence-corrected chi connectivity index (χ1v) is 7.10. The van der Waals surface area contributed by atoms with E-state index in [-0.39, 0.29) is 32.5 Å². The molecule has 0 unspecified atom stereocenters. The first-order valence-electron chi connectivity index (χ1n) is 4.69. The van der Waals surface area contributed by atoms with Crippen LogP contribution in [0.3, 0.4) is 0 Å². The second-order valence-electron chi connectivity index (χ2n) is 3.02. The number of amidine groups is 1. The van der Waals surface area contributed by atoms with E-state index in [1.165, 1.54) is 18.2 Å². The molecular weight excluding hydrogens is 319 g/mol. The van der Waals surface area contributed by atoms with E-state index in [4.69, 9.17) is 16.9 Å². The van der Waals surface area contributed by atoms with Crippen molar-refractivity contribution in [1.82, 2.24) is 5.32 Å². The van der Waals surface area contributed by atoms with Crippen LogP contribution < -0.4 is 5.32 Å². The highest BCUT2D eigenvalue weighted by Gasteiger charge is 2.29. The monoisotopic (exact) mass is 325 g/mol. The van der Waals surface area contributed by atoms with Crippen LogP contribution in [0.4, 0.5) is 18.9 Å². The Morgan fingerprint density at radius 3 is 2.68 bits per heavy atom. The molecule has 0 amide bonds. The summed E-state index contributed by atoms with van der Waals surface area (Å²) in [4.78, 5) is 3.97. The summed E-state index contributed by atoms with van der Waals surface area (Å²) in [7, 11) is 0. The lowest BCUT2D eigenvalue weighted by Crippen LogP contribution is -2.12. The zero-order chi connectivity index (χ0) is 14.5. The number of aliphatic imine (C=N–C) groups is 1. The largest absolute Gasteiger partial charge is 0.446 e. The number of alkyl halides is 3. The third-order valence-corrected chi connectivity index (χ3v) is 3.35. The maximum atomic E-state index is 12.3. The van der Waals surface area contributed by atoms with E-state index in [1.807, 2.05) is 0 Å². The average molecular weight is 326 g/mol. The summed E-state index contributed by atoms with van der Waals surface area (Å²) in [6, 6.07) is 3.81. The number of benzene rings is 1. The third kappa shape index (κ3) is 5.63. The summed E-state index contributed by atoms with van der Waals surface area (Å²) in [5, 5.41) is 11.2. The minimum absolute atomic E-state index is 0.0203. The molecule has 1 aromatic rings. The molecule has 0 spiro atoms. The second kappa shape index (κ2) is 6.93. The molecule has 0 aliphatic carbocycles. The van der Waals surface area contributed by atoms with Crippen molar-refractivity contribution in [3.8, 4) is 6.19 Å². The van der Waals surface area contributed by atoms with Crippen LogP contribution >= 0.6 is 35.1 Å². The number of hydrogen-bond acceptors (Lipinski definition) is 4. The molecule has 3 nitrogen and oxygen atoms in total. The topological polar surface area (TPSA) is 48.2 Å². The molecule has 0 aliphatic rings. The summed E-state index contributed by atoms with van der Waals surface area (Å²) < 4.78 is 36.8. The molecule has 9 heteroatoms. The van der Waals surface area contributed by atoms with Crippen LogP contribution in [-0.2, 0) is 0 Å². The van der Waals surface area contributed by atoms with Crippen LogP contribution in [0.5, 0.6) is 0 Å². The van der Waals surface area contributed by atoms with Gasteiger partial charge in [0.15, 0.2) is 11.4 Å². The Morgan fingerprint density at radius 2 is 2.16 bits per heavy atom. The van der Waals surface area contributed by atoms with Crippen molar-refractivity contribution in [3.63, 3.8) is 0 Å². The van der Waals surface area contributed by atoms with Crippen molar-refractivity contribution < 1.29 is 13.2 Å². The lowest BCUT2D eigenvalue weighted by atomic mass is 10.3. The molecule has 0 fully saturated rings. The first-order chi connectivity index (χ1) is 8.85. The number of nitrogens with one attached hydrogen (secondary N) is 1. The molecule has 1 aromatic carbocycles. The Hall–Kier alpha value is -1.04. The Balaban J connectivity index is 3.07. The minimum atomic E-state index is -4.37. The molecule has 0 heterocycles. The molecule has 0 saturated carbocycles. The van der Waals surface area contributed by atoms with E-state index in [1.54, 1.807) is 12.4 Å². The smallest absolute Gasteiger partial charge is 0.271 e. The van der Waals surface area contributed by atoms with Crippen molar-refractivity contribution in [2.45, 2.75) is 10.4 Å². The zero-order valence-electron chi connectivity index (χ0n) is 9.45. The van der Waals surface area contributed by atoms with Crippen LogP contribution in [-0.4, -0.2) is 16.9 Å². The molecule has 0 aromatic heterocycles. The number of rotatable bonds is 2. The summed E-state index contributed by atoms with van der Waals surface area (Å²) >= 11 is 6.75. The SMILES string of the molecule is CSC(=Nc1cc(SC(F)(F)F)ccc1Cl)NC#N. The van der Waals surface area contributed by atoms with E-state index in [0.29, 0.717) is 0 Å². The van der Waals surface area contributed by atoms with Crippen LogP contribution in [0, 0.1) is 11.5 Å². The van der Waals surface area contributed by atoms with Gasteiger partial charge in [-0.25, -0.2) is 4.99 Å². The average Bonchev–Trinajstić information content (AvgIpc) is 2.30. The molecule has 0 radical (unpaired) electrons. The van der Waals surface area contributed by atoms with Gasteiger partial charge in [-0.15, -0.1) is 0 Å². The summed E-state index contributed by atoms with van der Waals surface area (Å²) in [5.74, 6) is 0. The summed E-state index contributed by atoms with van der Waals surface area (Å²) in [6.45, 7) is 0. The normalized spacial score (nSPS) is 12.1. The maximum absolute atomic E-state index is 12.3. The lowest BCUT2D eigenvalue weighted by molar-refractivity contribution is -0.0328. The fraction of sp³-hybridized carbons (Fsp3) is 0.200. The van der Waals surface area contributed by atoms with Crippen molar-refractivity contribution >= 4 is 46.0 Å². The van der Waals surface area contributed by atoms with Gasteiger partial charge < -0.3 is 0 Å². The van der Waals surface area contributed by atoms with E-state index in [2.05, 4.69) is 10.3 Å². The molecule has 1 N–H and O–H groups in total. The predicted molar refractivity (Wildman–Crippen MR) is 72.7 cm³/mol. The van der Waals surface area contributed by atoms with Crippen LogP contribution in [0.25, 0.3) is 0 Å². The highest BCUT2D eigenvalue weighted by molar-refractivity contribution is 8.13. The van der Waals surface area contributed by atoms with Gasteiger partial charge in [0.25, 0.3) is 0 Å². The number of halogens is 4. The van der Waals surface area contributed by atoms with Gasteiger partial charge in [0, 0.05) is 4.90 Å². The Morgan fingerprint density at radius 1 is 1.47 bits per heavy atom. The van der Waals surface area contributed by atoms with Crippen molar-refractivity contribution in [1.29, 1.82) is 5.26 Å². The van der Waals surface area contributed by atoms with Gasteiger partial charge in [-0.1, -0.05) is 23.4 Å². The summed E-state index contributed by atoms with van der Waals surface area (Å²) in [5.41, 5.74) is -4.20. The number of nitrogens with zero attached hydrogens (tertiary/aromatic N) is 2. The van der Waals surface area contributed by atoms with Crippen molar-refractivity contribution in [2.75, 3.05) is 6.26 Å². The third-order valence-electron chi connectivity index (χ3n) is 1.73. The predicted octanol–water partition coefficient (Wildman–Crippen LogP) is 4.37. The maximum Gasteiger partial charge on any atom is 0.446 e. The Labute approximate surface area is 121 Å². The molecule has 0 aliphatic heterocycles. The van der Waals surface area contributed by atoms with E-state index < -0.39 is 5.51 Å². The molecule has 0 saturated heterocycles. The molecule has 0 atom stereocenters. The highest BCUT2D eigenvalue weighted by atomic mass is 35.5. The fourth-order valence-corrected chi connectivity index (χ4v) is 2.13. The Bertz CT molecular complexity index is 526. The number of nitriles is 1. The molecule has 0 bridgehead atoms. The van der Waals surface area contributed by atoms with Gasteiger partial charge in [-0.3, -0.25) is 5.32 Å². The molecule has 102 valence electrons. The highest BCUT2D eigenvalue weighted by Crippen LogP contribution is 2.39. The number of thioether (sulfide) groups is 2. The first kappa shape index (κ1) is 16.0. The molecule has 19 heavy (non-hydrogen) atoms. The van der Waals surface area contributed by atoms with Crippen LogP contribution in [0.15, 0.2) is 28.1 Å². The molecule has 1 rings (SSSR count). The number of hydrogen-bond donors (Lipinski definition) is 1. The molecular formula is C10H7ClF3N3S2. The van der Waals surface area contributed by atoms with Crippen LogP contribution in [0.1, 0.15) is 0 Å². The van der Waals surface area contributed by atoms with Gasteiger partial charge >= 0.3 is 5.51 Å². The van der Waals surface area contributed by atoms with E-state index in [0.717, 1.165) is 11.8 Å². The summed E-state index contributed by atoms with van der Waals surface area (Å²) in [6.07, 6.45) is 3.35. The van der Waals surface area contributed by atoms with Gasteiger partial charge in [-0.2, -0.15) is 18.4 Å². The quantitative estimate of drug-likeness (QED) is 0.288. The van der Waals surface area contributed by atoms with Gasteiger partial charge in [0.2, 0.25) is 0 Å². The lowest BCUT2D eigenvalue weighted by Gasteiger charge is -2.07. The minimum Gasteiger partial charge on any atom is -0.271 e. The van der Waals surface area contributed by atoms with E-state index in [9.17, 15) is 13.2 Å². The fourth-order valence-electron chi connectivity index (χ4n) is 1.06. The standard InChI is InChI=1S/C10H7ClF3N3S2/c1-18-9(16-5-15)17-8-4-6(2-3-7(8)11)19-10(12,13)14/h2-4H,1H3,(H,16,17). The van der Waals surface area contributed by atoms with Gasteiger partial charge in [0.05, 0.1) is 10.7 Å². The van der Waals surface area contributed by atoms with Crippen molar-refractivity contribution in [3.05, 3.63) is 23.2 Å². The Kier molecular flexibility index (Phi) is 5.85. The second-order valence-corrected chi connectivity index (χ2v) is 5.36. The van der Waals surface area contributed by atoms with Gasteiger partial charge in [0.1, 0.15) is 0 Å². The van der Waals surface area contributed by atoms with Crippen molar-refractivity contribution in [2.24, 2.45) is 4.99 Å². The van der Waals surface area contributed by atoms with Crippen LogP contribution in [0.2, 0.25) is 5.02 Å². The zero-order valence-corrected chi connectivity index (χ0v) is 11.8. The van der Waals surface area contributed by atoms with E-state index >= 15 is 0 Å². The van der Waals surface area contributed by atoms with Gasteiger partial charge in [-0.05, 0) is 36.2 Å².